The second kappa shape index (κ2) is 8.35. The molecule has 1 aliphatic heterocycles. The molecule has 0 spiro atoms. The average molecular weight is 396 g/mol. The lowest BCUT2D eigenvalue weighted by Gasteiger charge is -2.27. The van der Waals surface area contributed by atoms with Crippen LogP contribution in [0.4, 0.5) is 5.69 Å². The highest BCUT2D eigenvalue weighted by Gasteiger charge is 2.40. The first-order valence-electron chi connectivity index (χ1n) is 10.6. The third-order valence-electron chi connectivity index (χ3n) is 6.30. The predicted molar refractivity (Wildman–Crippen MR) is 109 cm³/mol. The van der Waals surface area contributed by atoms with Gasteiger partial charge in [0.05, 0.1) is 5.41 Å². The zero-order chi connectivity index (χ0) is 20.3. The first-order chi connectivity index (χ1) is 14.1. The van der Waals surface area contributed by atoms with E-state index < -0.39 is 11.4 Å². The summed E-state index contributed by atoms with van der Waals surface area (Å²) in [6, 6.07) is 7.55. The largest absolute Gasteiger partial charge is 0.481 e. The summed E-state index contributed by atoms with van der Waals surface area (Å²) >= 11 is 0. The summed E-state index contributed by atoms with van der Waals surface area (Å²) in [4.78, 5) is 24.5. The molecule has 0 unspecified atom stereocenters. The Morgan fingerprint density at radius 1 is 1.00 bits per heavy atom. The van der Waals surface area contributed by atoms with Gasteiger partial charge in [-0.3, -0.25) is 9.59 Å². The Hall–Kier alpha value is -2.70. The number of benzene rings is 1. The number of amides is 1. The summed E-state index contributed by atoms with van der Waals surface area (Å²) in [6.45, 7) is 0.938. The van der Waals surface area contributed by atoms with Crippen molar-refractivity contribution in [3.8, 4) is 11.4 Å². The quantitative estimate of drug-likeness (QED) is 0.744. The molecule has 1 aromatic heterocycles. The number of hydrogen-bond acceptors (Lipinski definition) is 4. The fraction of sp³-hybridized carbons (Fsp3) is 0.545. The highest BCUT2D eigenvalue weighted by molar-refractivity contribution is 5.94. The van der Waals surface area contributed by atoms with Crippen LogP contribution in [0.15, 0.2) is 24.3 Å². The molecule has 2 aromatic rings. The van der Waals surface area contributed by atoms with Gasteiger partial charge in [-0.05, 0) is 49.9 Å². The van der Waals surface area contributed by atoms with Gasteiger partial charge in [0.2, 0.25) is 5.91 Å². The number of carboxylic acid groups (broad SMARTS) is 1. The van der Waals surface area contributed by atoms with Crippen molar-refractivity contribution in [1.82, 2.24) is 14.8 Å². The number of aliphatic carboxylic acids is 1. The van der Waals surface area contributed by atoms with Crippen LogP contribution in [-0.4, -0.2) is 31.7 Å². The molecule has 0 atom stereocenters. The fourth-order valence-corrected chi connectivity index (χ4v) is 4.61. The lowest BCUT2D eigenvalue weighted by atomic mass is 9.77. The first kappa shape index (κ1) is 19.6. The topological polar surface area (TPSA) is 97.1 Å². The van der Waals surface area contributed by atoms with E-state index in [2.05, 4.69) is 20.1 Å². The molecular weight excluding hydrogens is 368 g/mol. The van der Waals surface area contributed by atoms with Crippen LogP contribution in [0, 0.1) is 5.41 Å². The molecule has 2 heterocycles. The van der Waals surface area contributed by atoms with Crippen LogP contribution in [0.2, 0.25) is 0 Å². The summed E-state index contributed by atoms with van der Waals surface area (Å²) in [5, 5.41) is 21.3. The van der Waals surface area contributed by atoms with Crippen LogP contribution in [0.25, 0.3) is 11.4 Å². The molecule has 1 aliphatic carbocycles. The Bertz CT molecular complexity index is 880. The number of rotatable bonds is 5. The van der Waals surface area contributed by atoms with E-state index in [1.54, 1.807) is 0 Å². The Morgan fingerprint density at radius 3 is 2.41 bits per heavy atom. The number of carboxylic acids is 1. The van der Waals surface area contributed by atoms with Gasteiger partial charge in [0.25, 0.3) is 0 Å². The summed E-state index contributed by atoms with van der Waals surface area (Å²) in [5.41, 5.74) is 0.710. The zero-order valence-corrected chi connectivity index (χ0v) is 16.7. The molecule has 154 valence electrons. The first-order valence-corrected chi connectivity index (χ1v) is 10.6. The highest BCUT2D eigenvalue weighted by Crippen LogP contribution is 2.38. The van der Waals surface area contributed by atoms with E-state index in [0.29, 0.717) is 18.5 Å². The summed E-state index contributed by atoms with van der Waals surface area (Å²) in [7, 11) is 0. The highest BCUT2D eigenvalue weighted by atomic mass is 16.4. The minimum Gasteiger partial charge on any atom is -0.481 e. The maximum atomic E-state index is 12.6. The molecule has 4 rings (SSSR count). The van der Waals surface area contributed by atoms with E-state index >= 15 is 0 Å². The second-order valence-electron chi connectivity index (χ2n) is 8.35. The number of aromatic nitrogens is 3. The number of nitrogens with one attached hydrogen (secondary N) is 1. The van der Waals surface area contributed by atoms with Crippen LogP contribution in [-0.2, 0) is 22.6 Å². The van der Waals surface area contributed by atoms with E-state index in [-0.39, 0.29) is 12.3 Å². The third kappa shape index (κ3) is 4.18. The normalized spacial score (nSPS) is 18.5. The Labute approximate surface area is 170 Å². The van der Waals surface area contributed by atoms with Crippen molar-refractivity contribution in [2.45, 2.75) is 70.8 Å². The molecule has 2 N–H and O–H groups in total. The van der Waals surface area contributed by atoms with Crippen molar-refractivity contribution < 1.29 is 14.7 Å². The smallest absolute Gasteiger partial charge is 0.310 e. The SMILES string of the molecule is O=C(CC1(C(=O)O)CCCCCC1)Nc1ccc(-c2nnc3n2CCCC3)cc1. The van der Waals surface area contributed by atoms with E-state index in [9.17, 15) is 14.7 Å². The van der Waals surface area contributed by atoms with Crippen molar-refractivity contribution in [2.24, 2.45) is 5.41 Å². The molecule has 1 amide bonds. The Morgan fingerprint density at radius 2 is 1.72 bits per heavy atom. The molecule has 1 fully saturated rings. The predicted octanol–water partition coefficient (Wildman–Crippen LogP) is 4.04. The standard InChI is InChI=1S/C22H28N4O3/c27-19(15-22(21(28)29)12-4-1-2-5-13-22)23-17-10-8-16(9-11-17)20-25-24-18-7-3-6-14-26(18)20/h8-11H,1-7,12-15H2,(H,23,27)(H,28,29). The monoisotopic (exact) mass is 396 g/mol. The van der Waals surface area contributed by atoms with Crippen LogP contribution in [0.1, 0.15) is 63.6 Å². The maximum absolute atomic E-state index is 12.6. The Balaban J connectivity index is 1.44. The minimum atomic E-state index is -0.929. The number of nitrogens with zero attached hydrogens (tertiary/aromatic N) is 3. The molecule has 0 saturated heterocycles. The number of hydrogen-bond donors (Lipinski definition) is 2. The number of carbonyl (C=O) groups excluding carboxylic acids is 1. The molecule has 0 bridgehead atoms. The van der Waals surface area contributed by atoms with E-state index in [4.69, 9.17) is 0 Å². The maximum Gasteiger partial charge on any atom is 0.310 e. The van der Waals surface area contributed by atoms with Gasteiger partial charge in [-0.15, -0.1) is 10.2 Å². The minimum absolute atomic E-state index is 0.0295. The molecule has 7 heteroatoms. The van der Waals surface area contributed by atoms with Crippen LogP contribution < -0.4 is 5.32 Å². The van der Waals surface area contributed by atoms with Crippen LogP contribution in [0.3, 0.4) is 0 Å². The molecule has 1 saturated carbocycles. The van der Waals surface area contributed by atoms with Gasteiger partial charge < -0.3 is 15.0 Å². The molecule has 2 aliphatic rings. The van der Waals surface area contributed by atoms with Gasteiger partial charge in [0, 0.05) is 30.6 Å². The summed E-state index contributed by atoms with van der Waals surface area (Å²) in [5.74, 6) is 0.815. The number of carbonyl (C=O) groups is 2. The van der Waals surface area contributed by atoms with E-state index in [1.165, 1.54) is 0 Å². The number of fused-ring (bicyclic) bond motifs is 1. The van der Waals surface area contributed by atoms with Crippen molar-refractivity contribution in [3.05, 3.63) is 30.1 Å². The van der Waals surface area contributed by atoms with Crippen LogP contribution >= 0.6 is 0 Å². The van der Waals surface area contributed by atoms with Crippen molar-refractivity contribution in [1.29, 1.82) is 0 Å². The molecule has 1 aromatic carbocycles. The van der Waals surface area contributed by atoms with Gasteiger partial charge in [-0.1, -0.05) is 25.7 Å². The Kier molecular flexibility index (Phi) is 5.65. The third-order valence-corrected chi connectivity index (χ3v) is 6.30. The lowest BCUT2D eigenvalue weighted by molar-refractivity contribution is -0.152. The van der Waals surface area contributed by atoms with Gasteiger partial charge in [-0.25, -0.2) is 0 Å². The van der Waals surface area contributed by atoms with E-state index in [1.807, 2.05) is 24.3 Å². The zero-order valence-electron chi connectivity index (χ0n) is 16.7. The van der Waals surface area contributed by atoms with Gasteiger partial charge in [0.15, 0.2) is 5.82 Å². The fourth-order valence-electron chi connectivity index (χ4n) is 4.61. The van der Waals surface area contributed by atoms with E-state index in [0.717, 1.165) is 68.7 Å². The number of anilines is 1. The van der Waals surface area contributed by atoms with Crippen LogP contribution in [0.5, 0.6) is 0 Å². The van der Waals surface area contributed by atoms with Crippen molar-refractivity contribution in [2.75, 3.05) is 5.32 Å². The van der Waals surface area contributed by atoms with Crippen molar-refractivity contribution in [3.63, 3.8) is 0 Å². The second-order valence-corrected chi connectivity index (χ2v) is 8.35. The molecular formula is C22H28N4O3. The number of aryl methyl sites for hydroxylation is 1. The average Bonchev–Trinajstić information content (AvgIpc) is 3.00. The van der Waals surface area contributed by atoms with Gasteiger partial charge in [-0.2, -0.15) is 0 Å². The lowest BCUT2D eigenvalue weighted by Crippen LogP contribution is -2.35. The molecule has 0 radical (unpaired) electrons. The van der Waals surface area contributed by atoms with Gasteiger partial charge in [0.1, 0.15) is 5.82 Å². The summed E-state index contributed by atoms with van der Waals surface area (Å²) in [6.07, 6.45) is 8.27. The van der Waals surface area contributed by atoms with Gasteiger partial charge >= 0.3 is 5.97 Å². The summed E-state index contributed by atoms with van der Waals surface area (Å²) < 4.78 is 2.17. The molecule has 7 nitrogen and oxygen atoms in total. The molecule has 29 heavy (non-hydrogen) atoms. The van der Waals surface area contributed by atoms with Crippen molar-refractivity contribution >= 4 is 17.6 Å².